The molecular weight excluding hydrogens is 771 g/mol. The molecule has 3 amide bonds. The lowest BCUT2D eigenvalue weighted by molar-refractivity contribution is -0.116. The summed E-state index contributed by atoms with van der Waals surface area (Å²) in [5, 5.41) is 8.77. The van der Waals surface area contributed by atoms with E-state index in [4.69, 9.17) is 4.74 Å². The Morgan fingerprint density at radius 1 is 0.925 bits per heavy atom. The standard InChI is InChI=1S/C42H38BrN3O5S2/c1-3-35(40(49)46-41-37(42(50)51-2)33-21-20-29(24-36(33)53-41)27-13-6-4-7-14-27)52-32-19-11-18-31(25-32)44-39(48)34(23-26-12-10-17-30(43)22-26)45-38(47)28-15-8-5-9-16-28/h4-19,22-23,25,29,35H,3,20-21,24H2,1-2H3,(H,44,48)(H,45,47)(H,46,49)/b34-23+. The van der Waals surface area contributed by atoms with Gasteiger partial charge in [0.15, 0.2) is 0 Å². The third-order valence-electron chi connectivity index (χ3n) is 8.88. The molecule has 1 aliphatic carbocycles. The summed E-state index contributed by atoms with van der Waals surface area (Å²) in [5.41, 5.74) is 4.38. The van der Waals surface area contributed by atoms with Crippen LogP contribution in [-0.4, -0.2) is 36.1 Å². The Hall–Kier alpha value is -4.97. The monoisotopic (exact) mass is 807 g/mol. The minimum Gasteiger partial charge on any atom is -0.465 e. The van der Waals surface area contributed by atoms with E-state index >= 15 is 0 Å². The smallest absolute Gasteiger partial charge is 0.341 e. The fourth-order valence-corrected chi connectivity index (χ4v) is 8.98. The van der Waals surface area contributed by atoms with Crippen molar-refractivity contribution < 1.29 is 23.9 Å². The highest BCUT2D eigenvalue weighted by Gasteiger charge is 2.31. The zero-order valence-corrected chi connectivity index (χ0v) is 32.4. The van der Waals surface area contributed by atoms with Gasteiger partial charge in [-0.2, -0.15) is 0 Å². The zero-order valence-electron chi connectivity index (χ0n) is 29.2. The number of methoxy groups -OCH3 is 1. The topological polar surface area (TPSA) is 114 Å². The maximum Gasteiger partial charge on any atom is 0.341 e. The molecule has 4 aromatic carbocycles. The highest BCUT2D eigenvalue weighted by Crippen LogP contribution is 2.43. The first kappa shape index (κ1) is 37.8. The Balaban J connectivity index is 1.17. The van der Waals surface area contributed by atoms with Crippen molar-refractivity contribution in [3.8, 4) is 0 Å². The molecule has 3 N–H and O–H groups in total. The first-order chi connectivity index (χ1) is 25.7. The van der Waals surface area contributed by atoms with Gasteiger partial charge in [-0.1, -0.05) is 89.6 Å². The Bertz CT molecular complexity index is 2150. The molecule has 1 heterocycles. The molecule has 0 spiro atoms. The van der Waals surface area contributed by atoms with E-state index in [0.717, 1.165) is 44.6 Å². The second-order valence-electron chi connectivity index (χ2n) is 12.5. The summed E-state index contributed by atoms with van der Waals surface area (Å²) in [6.07, 6.45) is 4.57. The second-order valence-corrected chi connectivity index (χ2v) is 15.8. The first-order valence-electron chi connectivity index (χ1n) is 17.2. The van der Waals surface area contributed by atoms with Crippen LogP contribution >= 0.6 is 39.0 Å². The third kappa shape index (κ3) is 9.53. The van der Waals surface area contributed by atoms with Crippen molar-refractivity contribution in [1.29, 1.82) is 0 Å². The number of thiophene rings is 1. The van der Waals surface area contributed by atoms with Gasteiger partial charge in [0.05, 0.1) is 17.9 Å². The van der Waals surface area contributed by atoms with Gasteiger partial charge in [-0.05, 0) is 96.8 Å². The number of anilines is 2. The van der Waals surface area contributed by atoms with E-state index in [9.17, 15) is 19.2 Å². The van der Waals surface area contributed by atoms with E-state index in [0.29, 0.717) is 34.2 Å². The molecule has 0 fully saturated rings. The Morgan fingerprint density at radius 3 is 2.38 bits per heavy atom. The number of carbonyl (C=O) groups excluding carboxylic acids is 4. The number of esters is 1. The summed E-state index contributed by atoms with van der Waals surface area (Å²) >= 11 is 6.28. The van der Waals surface area contributed by atoms with Gasteiger partial charge in [-0.15, -0.1) is 23.1 Å². The number of nitrogens with one attached hydrogen (secondary N) is 3. The molecule has 53 heavy (non-hydrogen) atoms. The van der Waals surface area contributed by atoms with Crippen molar-refractivity contribution in [2.24, 2.45) is 0 Å². The van der Waals surface area contributed by atoms with Gasteiger partial charge < -0.3 is 20.7 Å². The summed E-state index contributed by atoms with van der Waals surface area (Å²) in [5.74, 6) is -1.25. The summed E-state index contributed by atoms with van der Waals surface area (Å²) in [7, 11) is 1.36. The molecule has 5 aromatic rings. The lowest BCUT2D eigenvalue weighted by atomic mass is 9.83. The van der Waals surface area contributed by atoms with E-state index in [1.165, 1.54) is 35.8 Å². The number of hydrogen-bond acceptors (Lipinski definition) is 7. The predicted molar refractivity (Wildman–Crippen MR) is 217 cm³/mol. The van der Waals surface area contributed by atoms with Crippen molar-refractivity contribution in [3.05, 3.63) is 152 Å². The summed E-state index contributed by atoms with van der Waals surface area (Å²) in [4.78, 5) is 55.4. The normalized spacial score (nSPS) is 14.4. The van der Waals surface area contributed by atoms with Crippen LogP contribution in [0, 0.1) is 0 Å². The van der Waals surface area contributed by atoms with Crippen LogP contribution in [0.25, 0.3) is 6.08 Å². The molecule has 1 aliphatic rings. The van der Waals surface area contributed by atoms with Crippen molar-refractivity contribution in [2.45, 2.75) is 48.7 Å². The van der Waals surface area contributed by atoms with Crippen LogP contribution in [0.15, 0.2) is 124 Å². The van der Waals surface area contributed by atoms with Crippen molar-refractivity contribution in [2.75, 3.05) is 17.7 Å². The summed E-state index contributed by atoms with van der Waals surface area (Å²) in [6, 6.07) is 33.7. The van der Waals surface area contributed by atoms with Crippen LogP contribution in [0.5, 0.6) is 0 Å². The first-order valence-corrected chi connectivity index (χ1v) is 19.7. The quantitative estimate of drug-likeness (QED) is 0.0658. The molecule has 0 aliphatic heterocycles. The molecule has 8 nitrogen and oxygen atoms in total. The molecule has 0 saturated heterocycles. The molecular formula is C42H38BrN3O5S2. The minimum absolute atomic E-state index is 0.0657. The van der Waals surface area contributed by atoms with E-state index in [2.05, 4.69) is 44.0 Å². The van der Waals surface area contributed by atoms with Crippen molar-refractivity contribution in [3.63, 3.8) is 0 Å². The van der Waals surface area contributed by atoms with Crippen molar-refractivity contribution >= 4 is 79.5 Å². The molecule has 0 saturated carbocycles. The highest BCUT2D eigenvalue weighted by atomic mass is 79.9. The van der Waals surface area contributed by atoms with Crippen LogP contribution in [0.3, 0.4) is 0 Å². The molecule has 6 rings (SSSR count). The van der Waals surface area contributed by atoms with Gasteiger partial charge >= 0.3 is 5.97 Å². The number of benzene rings is 4. The van der Waals surface area contributed by atoms with Crippen molar-refractivity contribution in [1.82, 2.24) is 5.32 Å². The lowest BCUT2D eigenvalue weighted by Gasteiger charge is -2.22. The number of rotatable bonds is 12. The van der Waals surface area contributed by atoms with Gasteiger partial charge in [-0.3, -0.25) is 14.4 Å². The number of carbonyl (C=O) groups is 4. The largest absolute Gasteiger partial charge is 0.465 e. The average Bonchev–Trinajstić information content (AvgIpc) is 3.54. The number of thioether (sulfide) groups is 1. The Kier molecular flexibility index (Phi) is 12.6. The molecule has 2 atom stereocenters. The van der Waals surface area contributed by atoms with Gasteiger partial charge in [0.1, 0.15) is 10.7 Å². The van der Waals surface area contributed by atoms with Gasteiger partial charge in [0, 0.05) is 25.5 Å². The van der Waals surface area contributed by atoms with E-state index < -0.39 is 23.0 Å². The highest BCUT2D eigenvalue weighted by molar-refractivity contribution is 9.10. The number of fused-ring (bicyclic) bond motifs is 1. The molecule has 1 aromatic heterocycles. The third-order valence-corrected chi connectivity index (χ3v) is 11.9. The second kappa shape index (κ2) is 17.7. The van der Waals surface area contributed by atoms with E-state index in [-0.39, 0.29) is 11.6 Å². The van der Waals surface area contributed by atoms with E-state index in [1.54, 1.807) is 48.5 Å². The van der Waals surface area contributed by atoms with Gasteiger partial charge in [0.25, 0.3) is 11.8 Å². The molecule has 0 bridgehead atoms. The predicted octanol–water partition coefficient (Wildman–Crippen LogP) is 9.49. The lowest BCUT2D eigenvalue weighted by Crippen LogP contribution is -2.30. The van der Waals surface area contributed by atoms with Crippen LogP contribution in [0.1, 0.15) is 68.0 Å². The van der Waals surface area contributed by atoms with Gasteiger partial charge in [0.2, 0.25) is 5.91 Å². The fraction of sp³-hybridized carbons (Fsp3) is 0.190. The number of ether oxygens (including phenoxy) is 1. The molecule has 270 valence electrons. The Labute approximate surface area is 325 Å². The zero-order chi connectivity index (χ0) is 37.3. The summed E-state index contributed by atoms with van der Waals surface area (Å²) < 4.78 is 6.00. The number of amides is 3. The number of halogens is 1. The Morgan fingerprint density at radius 2 is 1.66 bits per heavy atom. The average molecular weight is 809 g/mol. The van der Waals surface area contributed by atoms with Crippen LogP contribution in [0.4, 0.5) is 10.7 Å². The minimum atomic E-state index is -0.507. The van der Waals surface area contributed by atoms with E-state index in [1.807, 2.05) is 61.5 Å². The molecule has 2 unspecified atom stereocenters. The number of hydrogen-bond donors (Lipinski definition) is 3. The summed E-state index contributed by atoms with van der Waals surface area (Å²) in [6.45, 7) is 1.93. The van der Waals surface area contributed by atoms with Crippen LogP contribution in [0.2, 0.25) is 0 Å². The maximum atomic E-state index is 13.8. The maximum absolute atomic E-state index is 13.8. The SMILES string of the molecule is CCC(Sc1cccc(NC(=O)/C(=C\c2cccc(Br)c2)NC(=O)c2ccccc2)c1)C(=O)Nc1sc2c(c1C(=O)OC)CCC(c1ccccc1)C2. The van der Waals surface area contributed by atoms with Crippen LogP contribution < -0.4 is 16.0 Å². The van der Waals surface area contributed by atoms with Crippen LogP contribution in [-0.2, 0) is 27.2 Å². The van der Waals surface area contributed by atoms with Gasteiger partial charge in [-0.25, -0.2) is 4.79 Å². The molecule has 0 radical (unpaired) electrons. The fourth-order valence-electron chi connectivity index (χ4n) is 6.23. The molecule has 11 heteroatoms.